The largest absolute Gasteiger partial charge is 0.422 e. The monoisotopic (exact) mass is 772 g/mol. The van der Waals surface area contributed by atoms with Crippen LogP contribution in [0.3, 0.4) is 0 Å². The highest BCUT2D eigenvalue weighted by atomic mass is 79.9. The third kappa shape index (κ3) is 10.4. The van der Waals surface area contributed by atoms with Gasteiger partial charge in [-0.25, -0.2) is 20.4 Å². The Balaban J connectivity index is 1.31. The number of nitrogens with one attached hydrogen (secondary N) is 2. The van der Waals surface area contributed by atoms with Gasteiger partial charge in [-0.05, 0) is 84.9 Å². The summed E-state index contributed by atoms with van der Waals surface area (Å²) in [7, 11) is 0. The zero-order valence-corrected chi connectivity index (χ0v) is 27.5. The molecule has 0 spiro atoms. The Morgan fingerprint density at radius 3 is 1.38 bits per heavy atom. The number of esters is 2. The van der Waals surface area contributed by atoms with Gasteiger partial charge in [0.15, 0.2) is 0 Å². The minimum atomic E-state index is -0.728. The van der Waals surface area contributed by atoms with Crippen LogP contribution in [0.1, 0.15) is 38.3 Å². The Bertz CT molecular complexity index is 1670. The predicted molar refractivity (Wildman–Crippen MR) is 177 cm³/mol. The van der Waals surface area contributed by atoms with Crippen LogP contribution in [-0.4, -0.2) is 36.2 Å². The fourth-order valence-electron chi connectivity index (χ4n) is 3.49. The number of amides is 2. The van der Waals surface area contributed by atoms with Crippen LogP contribution in [-0.2, 0) is 9.59 Å². The summed E-state index contributed by atoms with van der Waals surface area (Å²) in [5.41, 5.74) is 5.82. The number of benzene rings is 4. The van der Waals surface area contributed by atoms with Gasteiger partial charge in [0.25, 0.3) is 0 Å². The molecule has 0 saturated carbocycles. The van der Waals surface area contributed by atoms with Crippen LogP contribution < -0.4 is 20.3 Å². The maximum atomic E-state index is 12.5. The van der Waals surface area contributed by atoms with E-state index in [1.165, 1.54) is 36.7 Å². The molecule has 0 heterocycles. The Morgan fingerprint density at radius 2 is 1.00 bits per heavy atom. The second-order valence-electron chi connectivity index (χ2n) is 8.92. The summed E-state index contributed by atoms with van der Waals surface area (Å²) in [4.78, 5) is 49.6. The first kappa shape index (κ1) is 33.5. The van der Waals surface area contributed by atoms with Gasteiger partial charge in [0.1, 0.15) is 17.9 Å². The topological polar surface area (TPSA) is 136 Å². The van der Waals surface area contributed by atoms with E-state index in [0.717, 1.165) is 0 Å². The van der Waals surface area contributed by atoms with Gasteiger partial charge in [0.2, 0.25) is 11.8 Å². The van der Waals surface area contributed by atoms with E-state index in [1.807, 2.05) is 0 Å². The summed E-state index contributed by atoms with van der Waals surface area (Å²) in [5, 5.41) is 8.68. The Kier molecular flexibility index (Phi) is 12.0. The van der Waals surface area contributed by atoms with Crippen molar-refractivity contribution in [3.05, 3.63) is 126 Å². The van der Waals surface area contributed by atoms with Crippen LogP contribution in [0.4, 0.5) is 0 Å². The van der Waals surface area contributed by atoms with E-state index in [9.17, 15) is 19.2 Å². The fraction of sp³-hybridized carbons (Fsp3) is 0.0323. The molecule has 4 aromatic carbocycles. The molecule has 2 N–H and O–H groups in total. The summed E-state index contributed by atoms with van der Waals surface area (Å²) in [6.45, 7) is 0. The van der Waals surface area contributed by atoms with Gasteiger partial charge in [-0.2, -0.15) is 10.2 Å². The highest BCUT2D eigenvalue weighted by molar-refractivity contribution is 9.10. The van der Waals surface area contributed by atoms with Crippen molar-refractivity contribution in [3.63, 3.8) is 0 Å². The lowest BCUT2D eigenvalue weighted by Crippen LogP contribution is -2.27. The smallest absolute Gasteiger partial charge is 0.343 e. The molecule has 10 nitrogen and oxygen atoms in total. The van der Waals surface area contributed by atoms with Gasteiger partial charge in [-0.3, -0.25) is 9.59 Å². The van der Waals surface area contributed by atoms with Gasteiger partial charge in [-0.15, -0.1) is 0 Å². The Morgan fingerprint density at radius 1 is 0.622 bits per heavy atom. The highest BCUT2D eigenvalue weighted by Gasteiger charge is 2.14. The van der Waals surface area contributed by atoms with Gasteiger partial charge < -0.3 is 9.47 Å². The Hall–Kier alpha value is -4.36. The SMILES string of the molecule is O=C(CC(=O)N/N=C\c1cc(Br)ccc1OC(=O)c1ccc(Cl)cc1)N/N=C\c1cc(Br)ccc1OC(=O)c1ccc(Cl)cc1. The zero-order valence-electron chi connectivity index (χ0n) is 22.8. The molecule has 0 aliphatic heterocycles. The third-order valence-corrected chi connectivity index (χ3v) is 7.11. The summed E-state index contributed by atoms with van der Waals surface area (Å²) in [6.07, 6.45) is 1.94. The Labute approximate surface area is 283 Å². The number of nitrogens with zero attached hydrogens (tertiary/aromatic N) is 2. The summed E-state index contributed by atoms with van der Waals surface area (Å²) in [6, 6.07) is 22.1. The van der Waals surface area contributed by atoms with E-state index < -0.39 is 30.2 Å². The predicted octanol–water partition coefficient (Wildman–Crippen LogP) is 6.95. The molecule has 14 heteroatoms. The number of halogens is 4. The van der Waals surface area contributed by atoms with Crippen LogP contribution in [0, 0.1) is 0 Å². The van der Waals surface area contributed by atoms with Crippen molar-refractivity contribution >= 4 is 91.2 Å². The standard InChI is InChI=1S/C31H20Br2Cl2N4O6/c32-22-5-11-26(44-30(42)18-1-7-24(34)8-2-18)20(13-22)16-36-38-28(40)15-29(41)39-37-17-21-14-23(33)6-12-27(21)45-31(43)19-3-9-25(35)10-4-19/h1-14,16-17H,15H2,(H,38,40)(H,39,41)/b36-16-,37-17-. The molecular weight excluding hydrogens is 755 g/mol. The molecule has 4 aromatic rings. The molecule has 0 aliphatic carbocycles. The molecule has 0 aliphatic rings. The van der Waals surface area contributed by atoms with Gasteiger partial charge in [-0.1, -0.05) is 55.1 Å². The van der Waals surface area contributed by atoms with Crippen molar-refractivity contribution in [1.29, 1.82) is 0 Å². The lowest BCUT2D eigenvalue weighted by atomic mass is 10.2. The molecule has 0 bridgehead atoms. The lowest BCUT2D eigenvalue weighted by molar-refractivity contribution is -0.129. The van der Waals surface area contributed by atoms with E-state index in [2.05, 4.69) is 52.9 Å². The van der Waals surface area contributed by atoms with Crippen molar-refractivity contribution < 1.29 is 28.7 Å². The molecule has 2 amide bonds. The number of hydrogen-bond acceptors (Lipinski definition) is 8. The van der Waals surface area contributed by atoms with Crippen LogP contribution >= 0.6 is 55.1 Å². The number of hydrogen-bond donors (Lipinski definition) is 2. The summed E-state index contributed by atoms with van der Waals surface area (Å²) in [5.74, 6) is -2.30. The van der Waals surface area contributed by atoms with Gasteiger partial charge >= 0.3 is 11.9 Å². The minimum absolute atomic E-state index is 0.189. The van der Waals surface area contributed by atoms with Crippen molar-refractivity contribution in [1.82, 2.24) is 10.9 Å². The van der Waals surface area contributed by atoms with Crippen molar-refractivity contribution in [2.45, 2.75) is 6.42 Å². The average molecular weight is 775 g/mol. The van der Waals surface area contributed by atoms with E-state index in [0.29, 0.717) is 41.2 Å². The molecular formula is C31H20Br2Cl2N4O6. The van der Waals surface area contributed by atoms with Crippen molar-refractivity contribution in [2.24, 2.45) is 10.2 Å². The maximum Gasteiger partial charge on any atom is 0.343 e. The number of ether oxygens (including phenoxy) is 2. The summed E-state index contributed by atoms with van der Waals surface area (Å²) >= 11 is 18.4. The normalized spacial score (nSPS) is 10.9. The van der Waals surface area contributed by atoms with Crippen LogP contribution in [0.5, 0.6) is 11.5 Å². The first-order valence-electron chi connectivity index (χ1n) is 12.8. The number of carbonyl (C=O) groups excluding carboxylic acids is 4. The number of hydrazone groups is 2. The molecule has 228 valence electrons. The van der Waals surface area contributed by atoms with Crippen molar-refractivity contribution in [2.75, 3.05) is 0 Å². The molecule has 0 aromatic heterocycles. The van der Waals surface area contributed by atoms with E-state index in [-0.39, 0.29) is 11.5 Å². The zero-order chi connectivity index (χ0) is 32.3. The quantitative estimate of drug-likeness (QED) is 0.0589. The van der Waals surface area contributed by atoms with Crippen LogP contribution in [0.15, 0.2) is 104 Å². The highest BCUT2D eigenvalue weighted by Crippen LogP contribution is 2.24. The van der Waals surface area contributed by atoms with E-state index in [4.69, 9.17) is 32.7 Å². The second-order valence-corrected chi connectivity index (χ2v) is 11.6. The van der Waals surface area contributed by atoms with E-state index >= 15 is 0 Å². The maximum absolute atomic E-state index is 12.5. The average Bonchev–Trinajstić information content (AvgIpc) is 3.00. The van der Waals surface area contributed by atoms with Crippen LogP contribution in [0.2, 0.25) is 10.0 Å². The molecule has 4 rings (SSSR count). The lowest BCUT2D eigenvalue weighted by Gasteiger charge is -2.08. The van der Waals surface area contributed by atoms with E-state index in [1.54, 1.807) is 60.7 Å². The number of carbonyl (C=O) groups is 4. The second kappa shape index (κ2) is 16.1. The minimum Gasteiger partial charge on any atom is -0.422 e. The first-order chi connectivity index (χ1) is 21.6. The number of rotatable bonds is 10. The first-order valence-corrected chi connectivity index (χ1v) is 15.1. The fourth-order valence-corrected chi connectivity index (χ4v) is 4.50. The van der Waals surface area contributed by atoms with Gasteiger partial charge in [0.05, 0.1) is 23.6 Å². The molecule has 0 fully saturated rings. The summed E-state index contributed by atoms with van der Waals surface area (Å²) < 4.78 is 12.3. The molecule has 0 unspecified atom stereocenters. The van der Waals surface area contributed by atoms with Crippen LogP contribution in [0.25, 0.3) is 0 Å². The molecule has 45 heavy (non-hydrogen) atoms. The molecule has 0 saturated heterocycles. The van der Waals surface area contributed by atoms with Gasteiger partial charge in [0, 0.05) is 30.1 Å². The van der Waals surface area contributed by atoms with Crippen molar-refractivity contribution in [3.8, 4) is 11.5 Å². The molecule has 0 atom stereocenters. The third-order valence-electron chi connectivity index (χ3n) is 5.62. The molecule has 0 radical (unpaired) electrons.